The predicted octanol–water partition coefficient (Wildman–Crippen LogP) is 5.78. The zero-order valence-electron chi connectivity index (χ0n) is 20.1. The van der Waals surface area contributed by atoms with Crippen LogP contribution in [0.4, 0.5) is 5.69 Å². The molecule has 9 heteroatoms. The minimum Gasteiger partial charge on any atom is -0.545 e. The summed E-state index contributed by atoms with van der Waals surface area (Å²) in [5, 5.41) is 12.0. The molecule has 1 aliphatic heterocycles. The fraction of sp³-hybridized carbons (Fsp3) is 0.0690. The van der Waals surface area contributed by atoms with Crippen molar-refractivity contribution in [2.24, 2.45) is 4.99 Å². The number of hydrogen-bond donors (Lipinski definition) is 0. The highest BCUT2D eigenvalue weighted by molar-refractivity contribution is 8.18. The quantitative estimate of drug-likeness (QED) is 0.274. The molecule has 0 aliphatic carbocycles. The van der Waals surface area contributed by atoms with Crippen LogP contribution in [-0.4, -0.2) is 29.1 Å². The Bertz CT molecular complexity index is 1560. The van der Waals surface area contributed by atoms with Crippen LogP contribution in [0.5, 0.6) is 5.75 Å². The molecule has 5 rings (SSSR count). The lowest BCUT2D eigenvalue weighted by Gasteiger charge is -2.16. The van der Waals surface area contributed by atoms with Gasteiger partial charge in [0.25, 0.3) is 5.91 Å². The zero-order chi connectivity index (χ0) is 26.6. The second-order valence-electron chi connectivity index (χ2n) is 8.26. The van der Waals surface area contributed by atoms with Gasteiger partial charge in [-0.25, -0.2) is 4.99 Å². The summed E-state index contributed by atoms with van der Waals surface area (Å²) in [6.45, 7) is 0.332. The molecule has 1 fully saturated rings. The van der Waals surface area contributed by atoms with Crippen molar-refractivity contribution in [3.8, 4) is 17.1 Å². The summed E-state index contributed by atoms with van der Waals surface area (Å²) in [5.74, 6) is 0.0200. The first-order chi connectivity index (χ1) is 18.4. The third-order valence-electron chi connectivity index (χ3n) is 5.74. The molecule has 0 unspecified atom stereocenters. The van der Waals surface area contributed by atoms with Crippen LogP contribution >= 0.6 is 23.4 Å². The van der Waals surface area contributed by atoms with Gasteiger partial charge in [-0.3, -0.25) is 9.69 Å². The maximum Gasteiger partial charge on any atom is 0.267 e. The molecule has 1 amide bonds. The largest absolute Gasteiger partial charge is 0.545 e. The number of furan rings is 1. The first-order valence-corrected chi connectivity index (χ1v) is 12.7. The van der Waals surface area contributed by atoms with Crippen LogP contribution in [0.1, 0.15) is 21.7 Å². The number of carboxylic acids is 1. The lowest BCUT2D eigenvalue weighted by atomic mass is 10.1. The number of methoxy groups -OCH3 is 1. The first kappa shape index (κ1) is 25.4. The van der Waals surface area contributed by atoms with Gasteiger partial charge in [-0.1, -0.05) is 41.9 Å². The van der Waals surface area contributed by atoms with E-state index < -0.39 is 5.97 Å². The maximum atomic E-state index is 13.5. The number of ether oxygens (including phenoxy) is 1. The van der Waals surface area contributed by atoms with Crippen molar-refractivity contribution >= 4 is 52.2 Å². The van der Waals surface area contributed by atoms with E-state index in [0.717, 1.165) is 17.0 Å². The molecule has 0 atom stereocenters. The molecule has 7 nitrogen and oxygen atoms in total. The number of para-hydroxylation sites is 1. The van der Waals surface area contributed by atoms with Gasteiger partial charge in [0.1, 0.15) is 17.3 Å². The number of carbonyl (C=O) groups excluding carboxylic acids is 2. The summed E-state index contributed by atoms with van der Waals surface area (Å²) in [5.41, 5.74) is 2.05. The number of thioether (sulfide) groups is 1. The molecule has 0 bridgehead atoms. The third kappa shape index (κ3) is 5.51. The van der Waals surface area contributed by atoms with Crippen LogP contribution in [0.2, 0.25) is 5.02 Å². The van der Waals surface area contributed by atoms with E-state index >= 15 is 0 Å². The minimum atomic E-state index is -1.37. The number of halogens is 1. The van der Waals surface area contributed by atoms with Gasteiger partial charge in [-0.15, -0.1) is 0 Å². The van der Waals surface area contributed by atoms with Crippen molar-refractivity contribution in [3.63, 3.8) is 0 Å². The molecule has 4 aromatic rings. The van der Waals surface area contributed by atoms with Crippen molar-refractivity contribution in [2.45, 2.75) is 6.54 Å². The molecule has 1 aromatic heterocycles. The Balaban J connectivity index is 1.45. The second-order valence-corrected chi connectivity index (χ2v) is 9.68. The van der Waals surface area contributed by atoms with E-state index in [-0.39, 0.29) is 16.5 Å². The van der Waals surface area contributed by atoms with Gasteiger partial charge >= 0.3 is 0 Å². The number of amides is 1. The molecular formula is C29H20ClN2O5S-. The van der Waals surface area contributed by atoms with Crippen molar-refractivity contribution in [1.82, 2.24) is 4.90 Å². The molecule has 1 aliphatic rings. The Hall–Kier alpha value is -4.27. The fourth-order valence-corrected chi connectivity index (χ4v) is 4.98. The van der Waals surface area contributed by atoms with Crippen LogP contribution in [0.25, 0.3) is 17.4 Å². The van der Waals surface area contributed by atoms with Crippen molar-refractivity contribution in [3.05, 3.63) is 112 Å². The Morgan fingerprint density at radius 3 is 2.55 bits per heavy atom. The first-order valence-electron chi connectivity index (χ1n) is 11.5. The molecular weight excluding hydrogens is 524 g/mol. The van der Waals surface area contributed by atoms with Crippen LogP contribution < -0.4 is 9.84 Å². The van der Waals surface area contributed by atoms with E-state index in [2.05, 4.69) is 0 Å². The predicted molar refractivity (Wildman–Crippen MR) is 146 cm³/mol. The molecule has 3 aromatic carbocycles. The standard InChI is InChI=1S/C29H21ClN2O5S/c1-36-21-10-7-18(8-11-21)17-32-27(33)26(38-29(32)31-20-5-3-2-4-6-20)16-22-12-14-25(37-22)19-9-13-24(30)23(15-19)28(34)35/h2-16H,17H2,1H3,(H,34,35)/p-1/b26-16-,31-29?. The van der Waals surface area contributed by atoms with Gasteiger partial charge in [-0.2, -0.15) is 0 Å². The molecule has 0 radical (unpaired) electrons. The lowest BCUT2D eigenvalue weighted by molar-refractivity contribution is -0.255. The monoisotopic (exact) mass is 543 g/mol. The number of benzene rings is 3. The third-order valence-corrected chi connectivity index (χ3v) is 7.08. The van der Waals surface area contributed by atoms with Crippen LogP contribution in [0.15, 0.2) is 99.2 Å². The number of hydrogen-bond acceptors (Lipinski definition) is 7. The average Bonchev–Trinajstić information content (AvgIpc) is 3.50. The summed E-state index contributed by atoms with van der Waals surface area (Å²) in [7, 11) is 1.60. The number of nitrogens with zero attached hydrogens (tertiary/aromatic N) is 2. The molecule has 0 saturated carbocycles. The summed E-state index contributed by atoms with van der Waals surface area (Å²) < 4.78 is 11.2. The zero-order valence-corrected chi connectivity index (χ0v) is 21.7. The normalized spacial score (nSPS) is 15.4. The van der Waals surface area contributed by atoms with Crippen molar-refractivity contribution < 1.29 is 23.8 Å². The molecule has 190 valence electrons. The summed E-state index contributed by atoms with van der Waals surface area (Å²) in [6, 6.07) is 24.9. The summed E-state index contributed by atoms with van der Waals surface area (Å²) in [4.78, 5) is 31.6. The number of carboxylic acid groups (broad SMARTS) is 1. The number of aromatic carboxylic acids is 1. The molecule has 0 N–H and O–H groups in total. The van der Waals surface area contributed by atoms with Crippen LogP contribution in [-0.2, 0) is 11.3 Å². The van der Waals surface area contributed by atoms with E-state index in [0.29, 0.717) is 33.7 Å². The highest BCUT2D eigenvalue weighted by Crippen LogP contribution is 2.36. The molecule has 1 saturated heterocycles. The highest BCUT2D eigenvalue weighted by atomic mass is 35.5. The van der Waals surface area contributed by atoms with Crippen LogP contribution in [0, 0.1) is 0 Å². The van der Waals surface area contributed by atoms with Crippen LogP contribution in [0.3, 0.4) is 0 Å². The topological polar surface area (TPSA) is 95.2 Å². The molecule has 2 heterocycles. The van der Waals surface area contributed by atoms with Gasteiger partial charge in [0.15, 0.2) is 5.17 Å². The molecule has 38 heavy (non-hydrogen) atoms. The van der Waals surface area contributed by atoms with E-state index in [9.17, 15) is 14.7 Å². The second kappa shape index (κ2) is 11.0. The Morgan fingerprint density at radius 2 is 1.84 bits per heavy atom. The van der Waals surface area contributed by atoms with E-state index in [1.807, 2.05) is 54.6 Å². The number of rotatable bonds is 7. The Kier molecular flexibility index (Phi) is 7.35. The van der Waals surface area contributed by atoms with E-state index in [1.54, 1.807) is 36.3 Å². The van der Waals surface area contributed by atoms with Gasteiger partial charge in [0.05, 0.1) is 30.2 Å². The number of aliphatic imine (C=N–C) groups is 1. The fourth-order valence-electron chi connectivity index (χ4n) is 3.81. The van der Waals surface area contributed by atoms with Gasteiger partial charge < -0.3 is 19.1 Å². The minimum absolute atomic E-state index is 0.0813. The Labute approximate surface area is 228 Å². The SMILES string of the molecule is COc1ccc(CN2C(=O)/C(=C/c3ccc(-c4ccc(Cl)c(C(=O)[O-])c4)o3)SC2=Nc2ccccc2)cc1. The van der Waals surface area contributed by atoms with Crippen molar-refractivity contribution in [2.75, 3.05) is 7.11 Å². The average molecular weight is 544 g/mol. The number of carbonyl (C=O) groups is 2. The van der Waals surface area contributed by atoms with Gasteiger partial charge in [0, 0.05) is 22.2 Å². The summed E-state index contributed by atoms with van der Waals surface area (Å²) >= 11 is 7.20. The van der Waals surface area contributed by atoms with E-state index in [4.69, 9.17) is 25.7 Å². The smallest absolute Gasteiger partial charge is 0.267 e. The maximum absolute atomic E-state index is 13.5. The Morgan fingerprint density at radius 1 is 1.08 bits per heavy atom. The van der Waals surface area contributed by atoms with Gasteiger partial charge in [-0.05, 0) is 71.9 Å². The van der Waals surface area contributed by atoms with E-state index in [1.165, 1.54) is 23.9 Å². The number of amidine groups is 1. The lowest BCUT2D eigenvalue weighted by Crippen LogP contribution is -2.28. The van der Waals surface area contributed by atoms with Gasteiger partial charge in [0.2, 0.25) is 0 Å². The summed E-state index contributed by atoms with van der Waals surface area (Å²) in [6.07, 6.45) is 1.65. The highest BCUT2D eigenvalue weighted by Gasteiger charge is 2.34. The van der Waals surface area contributed by atoms with Crippen molar-refractivity contribution in [1.29, 1.82) is 0 Å². The molecule has 0 spiro atoms.